The molecule has 0 saturated heterocycles. The summed E-state index contributed by atoms with van der Waals surface area (Å²) in [4.78, 5) is 11.9. The van der Waals surface area contributed by atoms with E-state index >= 15 is 0 Å². The molecule has 1 amide bonds. The third-order valence-electron chi connectivity index (χ3n) is 3.16. The van der Waals surface area contributed by atoms with Gasteiger partial charge in [-0.1, -0.05) is 53.0 Å². The van der Waals surface area contributed by atoms with Gasteiger partial charge in [-0.3, -0.25) is 4.79 Å². The molecule has 106 valence electrons. The van der Waals surface area contributed by atoms with Gasteiger partial charge in [0.1, 0.15) is 0 Å². The van der Waals surface area contributed by atoms with Crippen molar-refractivity contribution in [3.8, 4) is 0 Å². The Morgan fingerprint density at radius 1 is 1.28 bits per heavy atom. The van der Waals surface area contributed by atoms with Gasteiger partial charge < -0.3 is 5.32 Å². The van der Waals surface area contributed by atoms with Gasteiger partial charge in [-0.2, -0.15) is 0 Å². The zero-order chi connectivity index (χ0) is 14.0. The van der Waals surface area contributed by atoms with Crippen molar-refractivity contribution in [1.82, 2.24) is 5.32 Å². The van der Waals surface area contributed by atoms with Crippen LogP contribution < -0.4 is 5.32 Å². The second-order valence-electron chi connectivity index (χ2n) is 5.84. The van der Waals surface area contributed by atoms with E-state index in [0.29, 0.717) is 18.3 Å². The minimum absolute atomic E-state index is 0.148. The van der Waals surface area contributed by atoms with Crippen molar-refractivity contribution in [3.63, 3.8) is 0 Å². The lowest BCUT2D eigenvalue weighted by molar-refractivity contribution is -0.122. The van der Waals surface area contributed by atoms with Gasteiger partial charge in [0.2, 0.25) is 5.91 Å². The Morgan fingerprint density at radius 3 is 2.44 bits per heavy atom. The monoisotopic (exact) mass is 253 g/mol. The van der Waals surface area contributed by atoms with E-state index in [1.54, 1.807) is 0 Å². The van der Waals surface area contributed by atoms with Crippen molar-refractivity contribution in [2.45, 2.75) is 72.3 Å². The van der Waals surface area contributed by atoms with Gasteiger partial charge in [0.05, 0.1) is 0 Å². The van der Waals surface area contributed by atoms with Crippen LogP contribution in [0.4, 0.5) is 0 Å². The highest BCUT2D eigenvalue weighted by Crippen LogP contribution is 2.14. The molecule has 0 radical (unpaired) electrons. The maximum atomic E-state index is 11.9. The number of unbranched alkanes of at least 4 members (excludes halogenated alkanes) is 2. The summed E-state index contributed by atoms with van der Waals surface area (Å²) in [6, 6.07) is 0.148. The molecular weight excluding hydrogens is 222 g/mol. The van der Waals surface area contributed by atoms with Crippen LogP contribution in [0.3, 0.4) is 0 Å². The Bertz CT molecular complexity index is 235. The summed E-state index contributed by atoms with van der Waals surface area (Å²) >= 11 is 0. The van der Waals surface area contributed by atoms with Crippen LogP contribution in [0.1, 0.15) is 66.2 Å². The van der Waals surface area contributed by atoms with Crippen molar-refractivity contribution in [2.24, 2.45) is 11.8 Å². The molecule has 0 aliphatic rings. The zero-order valence-electron chi connectivity index (χ0n) is 12.7. The van der Waals surface area contributed by atoms with Crippen LogP contribution in [0.5, 0.6) is 0 Å². The molecule has 2 nitrogen and oxygen atoms in total. The normalized spacial score (nSPS) is 14.3. The molecule has 0 bridgehead atoms. The van der Waals surface area contributed by atoms with E-state index in [-0.39, 0.29) is 11.9 Å². The molecule has 18 heavy (non-hydrogen) atoms. The summed E-state index contributed by atoms with van der Waals surface area (Å²) in [5, 5.41) is 3.07. The highest BCUT2D eigenvalue weighted by Gasteiger charge is 2.13. The van der Waals surface area contributed by atoms with E-state index in [1.165, 1.54) is 12.8 Å². The molecule has 0 rings (SSSR count). The highest BCUT2D eigenvalue weighted by molar-refractivity contribution is 5.76. The van der Waals surface area contributed by atoms with E-state index < -0.39 is 0 Å². The van der Waals surface area contributed by atoms with Crippen molar-refractivity contribution in [3.05, 3.63) is 12.7 Å². The fourth-order valence-electron chi connectivity index (χ4n) is 2.33. The molecule has 0 aromatic heterocycles. The topological polar surface area (TPSA) is 29.1 Å². The molecule has 0 saturated carbocycles. The lowest BCUT2D eigenvalue weighted by Gasteiger charge is -2.17. The molecule has 0 heterocycles. The molecule has 2 atom stereocenters. The fraction of sp³-hybridized carbons (Fsp3) is 0.812. The Kier molecular flexibility index (Phi) is 9.72. The largest absolute Gasteiger partial charge is 0.350 e. The average Bonchev–Trinajstić information content (AvgIpc) is 2.26. The third kappa shape index (κ3) is 9.26. The molecule has 0 fully saturated rings. The van der Waals surface area contributed by atoms with Crippen LogP contribution in [0.15, 0.2) is 12.7 Å². The van der Waals surface area contributed by atoms with Crippen LogP contribution in [-0.2, 0) is 4.79 Å². The van der Waals surface area contributed by atoms with Gasteiger partial charge >= 0.3 is 0 Å². The van der Waals surface area contributed by atoms with Gasteiger partial charge in [-0.15, -0.1) is 6.58 Å². The molecule has 0 aromatic carbocycles. The maximum Gasteiger partial charge on any atom is 0.220 e. The molecule has 0 spiro atoms. The van der Waals surface area contributed by atoms with Crippen LogP contribution in [0.25, 0.3) is 0 Å². The summed E-state index contributed by atoms with van der Waals surface area (Å²) in [6.07, 6.45) is 8.23. The molecule has 0 aliphatic heterocycles. The quantitative estimate of drug-likeness (QED) is 0.456. The molecule has 2 heteroatoms. The smallest absolute Gasteiger partial charge is 0.220 e. The van der Waals surface area contributed by atoms with Gasteiger partial charge in [-0.05, 0) is 24.7 Å². The zero-order valence-corrected chi connectivity index (χ0v) is 12.7. The molecule has 0 unspecified atom stereocenters. The van der Waals surface area contributed by atoms with E-state index in [1.807, 2.05) is 6.08 Å². The van der Waals surface area contributed by atoms with E-state index in [4.69, 9.17) is 0 Å². The van der Waals surface area contributed by atoms with Crippen LogP contribution >= 0.6 is 0 Å². The molecule has 0 aliphatic carbocycles. The summed E-state index contributed by atoms with van der Waals surface area (Å²) < 4.78 is 0. The Morgan fingerprint density at radius 2 is 1.94 bits per heavy atom. The summed E-state index contributed by atoms with van der Waals surface area (Å²) in [6.45, 7) is 12.5. The number of hydrogen-bond acceptors (Lipinski definition) is 1. The number of carbonyl (C=O) groups is 1. The summed E-state index contributed by atoms with van der Waals surface area (Å²) in [5.74, 6) is 1.29. The first-order valence-electron chi connectivity index (χ1n) is 7.41. The second-order valence-corrected chi connectivity index (χ2v) is 5.84. The first-order chi connectivity index (χ1) is 8.49. The predicted octanol–water partition coefficient (Wildman–Crippen LogP) is 4.31. The van der Waals surface area contributed by atoms with E-state index in [2.05, 4.69) is 39.6 Å². The molecule has 0 aromatic rings. The van der Waals surface area contributed by atoms with Gasteiger partial charge in [0, 0.05) is 12.5 Å². The van der Waals surface area contributed by atoms with E-state index in [0.717, 1.165) is 19.3 Å². The average molecular weight is 253 g/mol. The van der Waals surface area contributed by atoms with Gasteiger partial charge in [-0.25, -0.2) is 0 Å². The van der Waals surface area contributed by atoms with Crippen molar-refractivity contribution >= 4 is 5.91 Å². The van der Waals surface area contributed by atoms with Crippen LogP contribution in [0, 0.1) is 11.8 Å². The molecular formula is C16H31NO. The standard InChI is InChI=1S/C16H31NO/c1-6-8-9-10-15(7-2)17-16(18)12-14(5)11-13(3)4/h7,13-15H,2,6,8-12H2,1,3-5H3,(H,17,18)/t14-,15+/m0/s1. The number of rotatable bonds is 10. The lowest BCUT2D eigenvalue weighted by atomic mass is 9.95. The SMILES string of the molecule is C=C[C@H](CCCCC)NC(=O)C[C@@H](C)CC(C)C. The summed E-state index contributed by atoms with van der Waals surface area (Å²) in [7, 11) is 0. The lowest BCUT2D eigenvalue weighted by Crippen LogP contribution is -2.34. The number of nitrogens with one attached hydrogen (secondary N) is 1. The van der Waals surface area contributed by atoms with E-state index in [9.17, 15) is 4.79 Å². The summed E-state index contributed by atoms with van der Waals surface area (Å²) in [5.41, 5.74) is 0. The number of hydrogen-bond donors (Lipinski definition) is 1. The second kappa shape index (κ2) is 10.2. The van der Waals surface area contributed by atoms with Crippen LogP contribution in [-0.4, -0.2) is 11.9 Å². The van der Waals surface area contributed by atoms with Crippen LogP contribution in [0.2, 0.25) is 0 Å². The Labute approximate surface area is 113 Å². The fourth-order valence-corrected chi connectivity index (χ4v) is 2.33. The van der Waals surface area contributed by atoms with Crippen molar-refractivity contribution < 1.29 is 4.79 Å². The van der Waals surface area contributed by atoms with Crippen molar-refractivity contribution in [1.29, 1.82) is 0 Å². The first kappa shape index (κ1) is 17.2. The number of amides is 1. The number of carbonyl (C=O) groups excluding carboxylic acids is 1. The Balaban J connectivity index is 3.91. The minimum atomic E-state index is 0.148. The molecule has 1 N–H and O–H groups in total. The third-order valence-corrected chi connectivity index (χ3v) is 3.16. The van der Waals surface area contributed by atoms with Gasteiger partial charge in [0.15, 0.2) is 0 Å². The predicted molar refractivity (Wildman–Crippen MR) is 79.5 cm³/mol. The first-order valence-corrected chi connectivity index (χ1v) is 7.41. The Hall–Kier alpha value is -0.790. The minimum Gasteiger partial charge on any atom is -0.350 e. The van der Waals surface area contributed by atoms with Crippen molar-refractivity contribution in [2.75, 3.05) is 0 Å². The highest BCUT2D eigenvalue weighted by atomic mass is 16.1. The van der Waals surface area contributed by atoms with Gasteiger partial charge in [0.25, 0.3) is 0 Å². The maximum absolute atomic E-state index is 11.9.